The first kappa shape index (κ1) is 24.0. The van der Waals surface area contributed by atoms with Gasteiger partial charge in [-0.25, -0.2) is 9.37 Å². The van der Waals surface area contributed by atoms with Crippen molar-refractivity contribution < 1.29 is 32.2 Å². The summed E-state index contributed by atoms with van der Waals surface area (Å²) in [6.45, 7) is 2.63. The fourth-order valence-electron chi connectivity index (χ4n) is 4.47. The Morgan fingerprint density at radius 3 is 2.75 bits per heavy atom. The van der Waals surface area contributed by atoms with Crippen LogP contribution in [-0.4, -0.2) is 57.7 Å². The minimum absolute atomic E-state index is 0.0145. The van der Waals surface area contributed by atoms with Gasteiger partial charge in [0, 0.05) is 36.1 Å². The van der Waals surface area contributed by atoms with Crippen LogP contribution in [0.25, 0.3) is 22.6 Å². The molecule has 7 nitrogen and oxygen atoms in total. The van der Waals surface area contributed by atoms with Crippen LogP contribution in [0.4, 0.5) is 23.2 Å². The van der Waals surface area contributed by atoms with Crippen molar-refractivity contribution in [3.8, 4) is 11.5 Å². The molecule has 0 spiro atoms. The van der Waals surface area contributed by atoms with Crippen LogP contribution >= 0.6 is 0 Å². The van der Waals surface area contributed by atoms with E-state index >= 15 is 0 Å². The summed E-state index contributed by atoms with van der Waals surface area (Å²) in [7, 11) is 0. The van der Waals surface area contributed by atoms with Gasteiger partial charge < -0.3 is 24.7 Å². The Morgan fingerprint density at radius 2 is 2.00 bits per heavy atom. The van der Waals surface area contributed by atoms with Gasteiger partial charge in [0.2, 0.25) is 0 Å². The molecule has 188 valence electrons. The summed E-state index contributed by atoms with van der Waals surface area (Å²) < 4.78 is 60.6. The number of aromatic nitrogens is 3. The summed E-state index contributed by atoms with van der Waals surface area (Å²) in [5, 5.41) is 9.47. The van der Waals surface area contributed by atoms with Crippen LogP contribution < -0.4 is 4.90 Å². The fourth-order valence-corrected chi connectivity index (χ4v) is 4.47. The second-order valence-electron chi connectivity index (χ2n) is 8.74. The van der Waals surface area contributed by atoms with Gasteiger partial charge in [-0.05, 0) is 31.2 Å². The predicted molar refractivity (Wildman–Crippen MR) is 124 cm³/mol. The third kappa shape index (κ3) is 4.47. The van der Waals surface area contributed by atoms with Crippen molar-refractivity contribution in [2.75, 3.05) is 24.6 Å². The molecule has 2 aromatic carbocycles. The number of benzene rings is 2. The minimum Gasteiger partial charge on any atom is -0.394 e. The first-order valence-electron chi connectivity index (χ1n) is 11.2. The van der Waals surface area contributed by atoms with Crippen LogP contribution in [0.15, 0.2) is 48.7 Å². The molecule has 3 N–H and O–H groups in total. The summed E-state index contributed by atoms with van der Waals surface area (Å²) in [6.07, 6.45) is -3.91. The summed E-state index contributed by atoms with van der Waals surface area (Å²) in [6, 6.07) is 9.05. The Bertz CT molecular complexity index is 1430. The van der Waals surface area contributed by atoms with E-state index in [4.69, 9.17) is 4.74 Å². The molecule has 1 fully saturated rings. The molecule has 36 heavy (non-hydrogen) atoms. The molecule has 2 aromatic heterocycles. The van der Waals surface area contributed by atoms with Crippen LogP contribution in [0.5, 0.6) is 0 Å². The average molecular weight is 502 g/mol. The first-order valence-corrected chi connectivity index (χ1v) is 11.2. The molecule has 2 atom stereocenters. The molecule has 1 saturated heterocycles. The van der Waals surface area contributed by atoms with Crippen molar-refractivity contribution in [1.29, 1.82) is 0 Å². The van der Waals surface area contributed by atoms with E-state index in [1.807, 2.05) is 11.8 Å². The van der Waals surface area contributed by atoms with Crippen molar-refractivity contribution in [3.63, 3.8) is 0 Å². The van der Waals surface area contributed by atoms with Gasteiger partial charge in [0.15, 0.2) is 17.4 Å². The Hall–Kier alpha value is -3.70. The fraction of sp³-hybridized carbons (Fsp3) is 0.280. The molecule has 0 radical (unpaired) electrons. The molecule has 0 unspecified atom stereocenters. The molecule has 4 aromatic rings. The highest BCUT2D eigenvalue weighted by molar-refractivity contribution is 6.10. The summed E-state index contributed by atoms with van der Waals surface area (Å²) in [5.41, 5.74) is -0.0622. The smallest absolute Gasteiger partial charge is 0.394 e. The number of halogens is 4. The molecule has 1 aliphatic heterocycles. The van der Waals surface area contributed by atoms with Crippen LogP contribution in [0.2, 0.25) is 0 Å². The topological polar surface area (TPSA) is 94.2 Å². The molecule has 3 heterocycles. The predicted octanol–water partition coefficient (Wildman–Crippen LogP) is 4.53. The van der Waals surface area contributed by atoms with Crippen molar-refractivity contribution in [1.82, 2.24) is 15.0 Å². The average Bonchev–Trinajstić information content (AvgIpc) is 3.50. The second-order valence-corrected chi connectivity index (χ2v) is 8.74. The lowest BCUT2D eigenvalue weighted by atomic mass is 9.99. The number of H-pyrrole nitrogens is 2. The molecule has 5 rings (SSSR count). The van der Waals surface area contributed by atoms with Gasteiger partial charge in [-0.15, -0.1) is 0 Å². The third-order valence-electron chi connectivity index (χ3n) is 6.10. The van der Waals surface area contributed by atoms with Crippen molar-refractivity contribution in [2.24, 2.45) is 0 Å². The van der Waals surface area contributed by atoms with Crippen molar-refractivity contribution >= 4 is 22.5 Å². The number of rotatable bonds is 5. The summed E-state index contributed by atoms with van der Waals surface area (Å²) >= 11 is 0. The van der Waals surface area contributed by atoms with Gasteiger partial charge in [0.1, 0.15) is 5.52 Å². The van der Waals surface area contributed by atoms with Crippen LogP contribution in [0.1, 0.15) is 28.4 Å². The number of morpholine rings is 1. The molecule has 1 aliphatic rings. The lowest BCUT2D eigenvalue weighted by Crippen LogP contribution is -2.48. The largest absolute Gasteiger partial charge is 0.417 e. The van der Waals surface area contributed by atoms with E-state index < -0.39 is 28.9 Å². The number of aromatic amines is 2. The zero-order valence-corrected chi connectivity index (χ0v) is 19.1. The van der Waals surface area contributed by atoms with E-state index in [-0.39, 0.29) is 35.7 Å². The molecular formula is C25H22F4N4O3. The van der Waals surface area contributed by atoms with Gasteiger partial charge >= 0.3 is 6.18 Å². The number of carbonyl (C=O) groups is 1. The molecule has 11 heteroatoms. The van der Waals surface area contributed by atoms with Crippen molar-refractivity contribution in [2.45, 2.75) is 25.3 Å². The Balaban J connectivity index is 1.45. The summed E-state index contributed by atoms with van der Waals surface area (Å²) in [5.74, 6) is -1.13. The van der Waals surface area contributed by atoms with E-state index in [9.17, 15) is 27.5 Å². The quantitative estimate of drug-likeness (QED) is 0.275. The Morgan fingerprint density at radius 1 is 1.22 bits per heavy atom. The SMILES string of the molecule is C[C@@H]1CN(c2cc(F)c3nc(-c4cc(C(=O)c5ccccc5C(F)(F)F)c[nH]4)[nH]c3c2)C[C@H](CO)O1. The van der Waals surface area contributed by atoms with Crippen LogP contribution in [-0.2, 0) is 10.9 Å². The molecule has 0 amide bonds. The number of fused-ring (bicyclic) bond motifs is 1. The van der Waals surface area contributed by atoms with Crippen LogP contribution in [0, 0.1) is 5.82 Å². The molecule has 0 aliphatic carbocycles. The van der Waals surface area contributed by atoms with E-state index in [0.717, 1.165) is 12.1 Å². The van der Waals surface area contributed by atoms with Gasteiger partial charge in [0.25, 0.3) is 0 Å². The number of nitrogens with zero attached hydrogens (tertiary/aromatic N) is 2. The number of alkyl halides is 3. The minimum atomic E-state index is -4.67. The number of ketones is 1. The first-order chi connectivity index (χ1) is 17.1. The number of nitrogens with one attached hydrogen (secondary N) is 2. The maximum atomic E-state index is 15.0. The number of imidazole rings is 1. The molecular weight excluding hydrogens is 480 g/mol. The maximum Gasteiger partial charge on any atom is 0.417 e. The lowest BCUT2D eigenvalue weighted by Gasteiger charge is -2.37. The highest BCUT2D eigenvalue weighted by Gasteiger charge is 2.35. The van der Waals surface area contributed by atoms with E-state index in [1.165, 1.54) is 30.5 Å². The zero-order chi connectivity index (χ0) is 25.6. The van der Waals surface area contributed by atoms with E-state index in [2.05, 4.69) is 15.0 Å². The molecule has 0 saturated carbocycles. The van der Waals surface area contributed by atoms with Gasteiger partial charge in [-0.3, -0.25) is 4.79 Å². The van der Waals surface area contributed by atoms with Gasteiger partial charge in [0.05, 0.1) is 35.6 Å². The number of anilines is 1. The highest BCUT2D eigenvalue weighted by Crippen LogP contribution is 2.34. The monoisotopic (exact) mass is 502 g/mol. The van der Waals surface area contributed by atoms with Gasteiger partial charge in [-0.1, -0.05) is 18.2 Å². The maximum absolute atomic E-state index is 15.0. The third-order valence-corrected chi connectivity index (χ3v) is 6.10. The zero-order valence-electron chi connectivity index (χ0n) is 19.1. The van der Waals surface area contributed by atoms with Crippen molar-refractivity contribution in [3.05, 3.63) is 71.2 Å². The number of ether oxygens (including phenoxy) is 1. The number of hydrogen-bond acceptors (Lipinski definition) is 5. The lowest BCUT2D eigenvalue weighted by molar-refractivity contribution is -0.137. The second kappa shape index (κ2) is 9.07. The standard InChI is InChI=1S/C25H22F4N4O3/c1-13-10-33(11-16(12-34)36-13)15-7-19(26)22-20(8-15)31-24(32-22)21-6-14(9-30-21)23(35)17-4-2-3-5-18(17)25(27,28)29/h2-9,13,16,30,34H,10-12H2,1H3,(H,31,32)/t13-,16-/m1/s1. The Labute approximate surface area is 202 Å². The van der Waals surface area contributed by atoms with Crippen LogP contribution in [0.3, 0.4) is 0 Å². The highest BCUT2D eigenvalue weighted by atomic mass is 19.4. The normalized spacial score (nSPS) is 18.7. The van der Waals surface area contributed by atoms with Gasteiger partial charge in [-0.2, -0.15) is 13.2 Å². The van der Waals surface area contributed by atoms with E-state index in [0.29, 0.717) is 30.0 Å². The number of aliphatic hydroxyl groups is 1. The number of hydrogen-bond donors (Lipinski definition) is 3. The number of carbonyl (C=O) groups excluding carboxylic acids is 1. The molecule has 0 bridgehead atoms. The van der Waals surface area contributed by atoms with E-state index in [1.54, 1.807) is 6.07 Å². The summed E-state index contributed by atoms with van der Waals surface area (Å²) in [4.78, 5) is 24.9. The Kier molecular flexibility index (Phi) is 6.05. The number of aliphatic hydroxyl groups excluding tert-OH is 1.